The monoisotopic (exact) mass is 386 g/mol. The van der Waals surface area contributed by atoms with Gasteiger partial charge in [0.25, 0.3) is 0 Å². The predicted molar refractivity (Wildman–Crippen MR) is 105 cm³/mol. The van der Waals surface area contributed by atoms with Crippen molar-refractivity contribution in [3.05, 3.63) is 51.2 Å². The maximum atomic E-state index is 12.7. The molecule has 0 bridgehead atoms. The lowest BCUT2D eigenvalue weighted by Gasteiger charge is -2.08. The van der Waals surface area contributed by atoms with Crippen molar-refractivity contribution in [3.63, 3.8) is 0 Å². The second-order valence-electron chi connectivity index (χ2n) is 6.81. The zero-order valence-corrected chi connectivity index (χ0v) is 16.9. The molecule has 3 aromatic rings. The molecule has 1 fully saturated rings. The fraction of sp³-hybridized carbons (Fsp3) is 0.421. The standard InChI is InChI=1S/C19H22N4OS2/c1-12-9-16(13(2)22(12)3)17(24)11-26-19-21-20-18(23(19)14-6-7-14)10-15-5-4-8-25-15/h4-5,8-9,14H,6-7,10-11H2,1-3H3. The highest BCUT2D eigenvalue weighted by Crippen LogP contribution is 2.39. The van der Waals surface area contributed by atoms with E-state index in [1.54, 1.807) is 11.3 Å². The van der Waals surface area contributed by atoms with Crippen molar-refractivity contribution in [2.75, 3.05) is 5.75 Å². The molecule has 136 valence electrons. The Morgan fingerprint density at radius 2 is 2.15 bits per heavy atom. The van der Waals surface area contributed by atoms with Gasteiger partial charge in [0, 0.05) is 41.3 Å². The Morgan fingerprint density at radius 1 is 1.35 bits per heavy atom. The molecule has 4 rings (SSSR count). The molecule has 0 radical (unpaired) electrons. The van der Waals surface area contributed by atoms with Gasteiger partial charge in [-0.2, -0.15) is 0 Å². The van der Waals surface area contributed by atoms with Gasteiger partial charge in [0.2, 0.25) is 0 Å². The summed E-state index contributed by atoms with van der Waals surface area (Å²) in [5.41, 5.74) is 2.94. The molecule has 1 aliphatic carbocycles. The number of thioether (sulfide) groups is 1. The summed E-state index contributed by atoms with van der Waals surface area (Å²) in [5.74, 6) is 1.56. The fourth-order valence-corrected chi connectivity index (χ4v) is 4.75. The number of carbonyl (C=O) groups is 1. The van der Waals surface area contributed by atoms with E-state index in [4.69, 9.17) is 0 Å². The average molecular weight is 387 g/mol. The van der Waals surface area contributed by atoms with Crippen LogP contribution in [0.15, 0.2) is 28.7 Å². The molecule has 0 atom stereocenters. The number of ketones is 1. The van der Waals surface area contributed by atoms with Gasteiger partial charge in [-0.25, -0.2) is 0 Å². The predicted octanol–water partition coefficient (Wildman–Crippen LogP) is 4.20. The molecule has 0 spiro atoms. The lowest BCUT2D eigenvalue weighted by Crippen LogP contribution is -2.07. The number of thiophene rings is 1. The number of carbonyl (C=O) groups excluding carboxylic acids is 1. The van der Waals surface area contributed by atoms with Gasteiger partial charge < -0.3 is 9.13 Å². The van der Waals surface area contributed by atoms with Crippen molar-refractivity contribution in [1.29, 1.82) is 0 Å². The van der Waals surface area contributed by atoms with Crippen molar-refractivity contribution in [2.45, 2.75) is 44.3 Å². The van der Waals surface area contributed by atoms with Crippen LogP contribution in [0.2, 0.25) is 0 Å². The maximum absolute atomic E-state index is 12.7. The zero-order valence-electron chi connectivity index (χ0n) is 15.2. The number of Topliss-reactive ketones (excluding diaryl/α,β-unsaturated/α-hetero) is 1. The van der Waals surface area contributed by atoms with Crippen LogP contribution >= 0.6 is 23.1 Å². The maximum Gasteiger partial charge on any atom is 0.191 e. The quantitative estimate of drug-likeness (QED) is 0.451. The Kier molecular flexibility index (Phi) is 4.75. The van der Waals surface area contributed by atoms with Crippen LogP contribution in [0.3, 0.4) is 0 Å². The van der Waals surface area contributed by atoms with Gasteiger partial charge in [-0.1, -0.05) is 17.8 Å². The van der Waals surface area contributed by atoms with E-state index in [0.29, 0.717) is 11.8 Å². The molecule has 1 aliphatic rings. The number of aryl methyl sites for hydroxylation is 1. The van der Waals surface area contributed by atoms with E-state index >= 15 is 0 Å². The highest BCUT2D eigenvalue weighted by molar-refractivity contribution is 7.99. The second-order valence-corrected chi connectivity index (χ2v) is 8.79. The minimum absolute atomic E-state index is 0.154. The summed E-state index contributed by atoms with van der Waals surface area (Å²) in [4.78, 5) is 14.0. The first-order valence-corrected chi connectivity index (χ1v) is 10.7. The summed E-state index contributed by atoms with van der Waals surface area (Å²) >= 11 is 3.25. The van der Waals surface area contributed by atoms with Crippen LogP contribution in [0.25, 0.3) is 0 Å². The van der Waals surface area contributed by atoms with Crippen LogP contribution in [-0.2, 0) is 13.5 Å². The Balaban J connectivity index is 1.50. The van der Waals surface area contributed by atoms with Crippen molar-refractivity contribution in [1.82, 2.24) is 19.3 Å². The lowest BCUT2D eigenvalue weighted by molar-refractivity contribution is 0.102. The summed E-state index contributed by atoms with van der Waals surface area (Å²) in [6, 6.07) is 6.67. The van der Waals surface area contributed by atoms with E-state index in [9.17, 15) is 4.79 Å². The summed E-state index contributed by atoms with van der Waals surface area (Å²) in [5, 5.41) is 11.8. The number of hydrogen-bond donors (Lipinski definition) is 0. The van der Waals surface area contributed by atoms with Crippen LogP contribution in [0.5, 0.6) is 0 Å². The minimum Gasteiger partial charge on any atom is -0.351 e. The molecule has 0 N–H and O–H groups in total. The first kappa shape index (κ1) is 17.5. The topological polar surface area (TPSA) is 52.7 Å². The van der Waals surface area contributed by atoms with E-state index in [1.165, 1.54) is 29.5 Å². The number of hydrogen-bond acceptors (Lipinski definition) is 5. The van der Waals surface area contributed by atoms with E-state index in [1.807, 2.05) is 27.0 Å². The van der Waals surface area contributed by atoms with Crippen LogP contribution in [0.4, 0.5) is 0 Å². The molecular formula is C19H22N4OS2. The fourth-order valence-electron chi connectivity index (χ4n) is 3.14. The third-order valence-electron chi connectivity index (χ3n) is 4.97. The summed E-state index contributed by atoms with van der Waals surface area (Å²) in [6.07, 6.45) is 3.16. The van der Waals surface area contributed by atoms with Crippen molar-refractivity contribution < 1.29 is 4.79 Å². The first-order valence-electron chi connectivity index (χ1n) is 8.79. The SMILES string of the molecule is Cc1cc(C(=O)CSc2nnc(Cc3cccs3)n2C2CC2)c(C)n1C. The molecule has 0 saturated heterocycles. The Morgan fingerprint density at radius 3 is 2.77 bits per heavy atom. The number of nitrogens with zero attached hydrogens (tertiary/aromatic N) is 4. The normalized spacial score (nSPS) is 14.1. The summed E-state index contributed by atoms with van der Waals surface area (Å²) in [7, 11) is 2.00. The van der Waals surface area contributed by atoms with Crippen LogP contribution < -0.4 is 0 Å². The van der Waals surface area contributed by atoms with Crippen molar-refractivity contribution in [2.24, 2.45) is 7.05 Å². The zero-order chi connectivity index (χ0) is 18.3. The van der Waals surface area contributed by atoms with Gasteiger partial charge in [0.15, 0.2) is 10.9 Å². The van der Waals surface area contributed by atoms with Gasteiger partial charge >= 0.3 is 0 Å². The van der Waals surface area contributed by atoms with E-state index in [0.717, 1.165) is 34.4 Å². The third-order valence-corrected chi connectivity index (χ3v) is 6.79. The molecular weight excluding hydrogens is 364 g/mol. The molecule has 3 heterocycles. The summed E-state index contributed by atoms with van der Waals surface area (Å²) < 4.78 is 4.31. The minimum atomic E-state index is 0.154. The molecule has 3 aromatic heterocycles. The Bertz CT molecular complexity index is 935. The van der Waals surface area contributed by atoms with E-state index in [-0.39, 0.29) is 5.78 Å². The Hall–Kier alpha value is -1.86. The van der Waals surface area contributed by atoms with Gasteiger partial charge in [-0.05, 0) is 44.2 Å². The highest BCUT2D eigenvalue weighted by Gasteiger charge is 2.30. The number of aromatic nitrogens is 4. The Labute approximate surface area is 161 Å². The first-order chi connectivity index (χ1) is 12.5. The van der Waals surface area contributed by atoms with Crippen molar-refractivity contribution in [3.8, 4) is 0 Å². The third kappa shape index (κ3) is 3.38. The van der Waals surface area contributed by atoms with Gasteiger partial charge in [0.1, 0.15) is 5.82 Å². The molecule has 0 unspecified atom stereocenters. The van der Waals surface area contributed by atoms with Crippen molar-refractivity contribution >= 4 is 28.9 Å². The molecule has 7 heteroatoms. The largest absolute Gasteiger partial charge is 0.351 e. The molecule has 5 nitrogen and oxygen atoms in total. The van der Waals surface area contributed by atoms with Gasteiger partial charge in [0.05, 0.1) is 5.75 Å². The molecule has 0 aromatic carbocycles. The lowest BCUT2D eigenvalue weighted by atomic mass is 10.2. The van der Waals surface area contributed by atoms with Crippen LogP contribution in [-0.4, -0.2) is 30.9 Å². The second kappa shape index (κ2) is 7.04. The summed E-state index contributed by atoms with van der Waals surface area (Å²) in [6.45, 7) is 4.02. The van der Waals surface area contributed by atoms with Gasteiger partial charge in [-0.3, -0.25) is 4.79 Å². The molecule has 1 saturated carbocycles. The molecule has 26 heavy (non-hydrogen) atoms. The highest BCUT2D eigenvalue weighted by atomic mass is 32.2. The van der Waals surface area contributed by atoms with Crippen LogP contribution in [0.1, 0.15) is 51.3 Å². The molecule has 0 aliphatic heterocycles. The average Bonchev–Trinajstić information content (AvgIpc) is 3.07. The van der Waals surface area contributed by atoms with E-state index < -0.39 is 0 Å². The smallest absolute Gasteiger partial charge is 0.191 e. The molecule has 0 amide bonds. The number of rotatable bonds is 7. The van der Waals surface area contributed by atoms with E-state index in [2.05, 4.69) is 36.8 Å². The van der Waals surface area contributed by atoms with Gasteiger partial charge in [-0.15, -0.1) is 21.5 Å². The van der Waals surface area contributed by atoms with Crippen LogP contribution in [0, 0.1) is 13.8 Å².